The maximum atomic E-state index is 12.3. The molecule has 0 bridgehead atoms. The summed E-state index contributed by atoms with van der Waals surface area (Å²) >= 11 is 0. The van der Waals surface area contributed by atoms with Crippen LogP contribution in [0, 0.1) is 5.92 Å². The first-order valence-corrected chi connectivity index (χ1v) is 7.44. The smallest absolute Gasteiger partial charge is 0.352 e. The topological polar surface area (TPSA) is 116 Å². The first-order valence-electron chi connectivity index (χ1n) is 7.44. The predicted octanol–water partition coefficient (Wildman–Crippen LogP) is 1.39. The fourth-order valence-corrected chi connectivity index (χ4v) is 2.37. The van der Waals surface area contributed by atoms with Crippen LogP contribution in [0.5, 0.6) is 11.5 Å². The molecule has 1 unspecified atom stereocenters. The van der Waals surface area contributed by atoms with Crippen LogP contribution in [0.3, 0.4) is 0 Å². The standard InChI is InChI=1S/C18H16O8/c1-9(19)14-16(21)15(18(23)26-17(14)22)12(20)6-4-10-8-11(24-2)5-7-13(10)25-3/h4-8,15,21H,1-3H3. The van der Waals surface area contributed by atoms with Gasteiger partial charge in [-0.15, -0.1) is 0 Å². The number of hydrogen-bond donors (Lipinski definition) is 1. The lowest BCUT2D eigenvalue weighted by Crippen LogP contribution is -2.37. The van der Waals surface area contributed by atoms with E-state index in [1.807, 2.05) is 0 Å². The zero-order valence-electron chi connectivity index (χ0n) is 14.3. The lowest BCUT2D eigenvalue weighted by molar-refractivity contribution is -0.162. The van der Waals surface area contributed by atoms with Crippen LogP contribution in [0.2, 0.25) is 0 Å². The van der Waals surface area contributed by atoms with E-state index in [0.717, 1.165) is 13.0 Å². The minimum Gasteiger partial charge on any atom is -0.510 e. The minimum absolute atomic E-state index is 0.445. The third-order valence-electron chi connectivity index (χ3n) is 3.66. The van der Waals surface area contributed by atoms with E-state index in [1.165, 1.54) is 20.3 Å². The number of ether oxygens (including phenoxy) is 3. The summed E-state index contributed by atoms with van der Waals surface area (Å²) in [6.07, 6.45) is 2.38. The first-order chi connectivity index (χ1) is 12.3. The van der Waals surface area contributed by atoms with Gasteiger partial charge in [0.15, 0.2) is 17.5 Å². The quantitative estimate of drug-likeness (QED) is 0.350. The molecular formula is C18H16O8. The molecule has 1 aromatic carbocycles. The second-order valence-corrected chi connectivity index (χ2v) is 5.30. The zero-order valence-corrected chi connectivity index (χ0v) is 14.3. The summed E-state index contributed by atoms with van der Waals surface area (Å²) in [5, 5.41) is 10.0. The van der Waals surface area contributed by atoms with E-state index in [-0.39, 0.29) is 0 Å². The van der Waals surface area contributed by atoms with Crippen molar-refractivity contribution in [1.29, 1.82) is 0 Å². The number of Topliss-reactive ketones (excluding diaryl/α,β-unsaturated/α-hetero) is 1. The molecule has 26 heavy (non-hydrogen) atoms. The molecule has 0 saturated heterocycles. The van der Waals surface area contributed by atoms with Gasteiger partial charge in [0.2, 0.25) is 0 Å². The summed E-state index contributed by atoms with van der Waals surface area (Å²) in [5.41, 5.74) is -0.231. The van der Waals surface area contributed by atoms with E-state index in [1.54, 1.807) is 18.2 Å². The fourth-order valence-electron chi connectivity index (χ4n) is 2.37. The van der Waals surface area contributed by atoms with Crippen LogP contribution in [0.15, 0.2) is 35.6 Å². The highest BCUT2D eigenvalue weighted by atomic mass is 16.6. The molecule has 1 N–H and O–H groups in total. The molecule has 1 aromatic rings. The number of rotatable bonds is 6. The second-order valence-electron chi connectivity index (χ2n) is 5.30. The van der Waals surface area contributed by atoms with E-state index in [9.17, 15) is 24.3 Å². The van der Waals surface area contributed by atoms with Crippen LogP contribution >= 0.6 is 0 Å². The van der Waals surface area contributed by atoms with Crippen LogP contribution < -0.4 is 9.47 Å². The summed E-state index contributed by atoms with van der Waals surface area (Å²) in [6, 6.07) is 4.89. The van der Waals surface area contributed by atoms with Crippen molar-refractivity contribution in [1.82, 2.24) is 0 Å². The highest BCUT2D eigenvalue weighted by Crippen LogP contribution is 2.27. The average molecular weight is 360 g/mol. The van der Waals surface area contributed by atoms with Gasteiger partial charge in [-0.05, 0) is 37.3 Å². The summed E-state index contributed by atoms with van der Waals surface area (Å²) in [4.78, 5) is 47.1. The highest BCUT2D eigenvalue weighted by molar-refractivity contribution is 6.24. The number of aliphatic hydroxyl groups is 1. The molecule has 8 nitrogen and oxygen atoms in total. The van der Waals surface area contributed by atoms with Crippen molar-refractivity contribution in [3.63, 3.8) is 0 Å². The van der Waals surface area contributed by atoms with Gasteiger partial charge in [0.05, 0.1) is 14.2 Å². The van der Waals surface area contributed by atoms with Crippen molar-refractivity contribution >= 4 is 29.6 Å². The lowest BCUT2D eigenvalue weighted by atomic mass is 9.93. The van der Waals surface area contributed by atoms with Crippen LogP contribution in [-0.2, 0) is 23.9 Å². The minimum atomic E-state index is -1.78. The monoisotopic (exact) mass is 360 g/mol. The number of hydrogen-bond acceptors (Lipinski definition) is 8. The molecule has 0 radical (unpaired) electrons. The van der Waals surface area contributed by atoms with Crippen molar-refractivity contribution in [2.24, 2.45) is 5.92 Å². The van der Waals surface area contributed by atoms with Crippen LogP contribution in [0.25, 0.3) is 6.08 Å². The van der Waals surface area contributed by atoms with Gasteiger partial charge in [-0.3, -0.25) is 14.4 Å². The normalized spacial score (nSPS) is 17.3. The summed E-state index contributed by atoms with van der Waals surface area (Å²) in [5.74, 6) is -5.92. The molecule has 8 heteroatoms. The lowest BCUT2D eigenvalue weighted by Gasteiger charge is -2.19. The molecule has 0 spiro atoms. The zero-order chi connectivity index (χ0) is 19.4. The fraction of sp³-hybridized carbons (Fsp3) is 0.222. The second kappa shape index (κ2) is 7.64. The molecular weight excluding hydrogens is 344 g/mol. The predicted molar refractivity (Wildman–Crippen MR) is 88.5 cm³/mol. The van der Waals surface area contributed by atoms with Gasteiger partial charge in [-0.2, -0.15) is 0 Å². The third-order valence-corrected chi connectivity index (χ3v) is 3.66. The molecule has 136 valence electrons. The van der Waals surface area contributed by atoms with Crippen molar-refractivity contribution in [3.8, 4) is 11.5 Å². The molecule has 1 heterocycles. The van der Waals surface area contributed by atoms with Gasteiger partial charge in [-0.25, -0.2) is 4.79 Å². The van der Waals surface area contributed by atoms with Gasteiger partial charge in [0.1, 0.15) is 22.8 Å². The number of methoxy groups -OCH3 is 2. The van der Waals surface area contributed by atoms with E-state index < -0.39 is 40.8 Å². The Morgan fingerprint density at radius 2 is 1.88 bits per heavy atom. The first kappa shape index (κ1) is 18.9. The number of cyclic esters (lactones) is 2. The van der Waals surface area contributed by atoms with E-state index in [0.29, 0.717) is 17.1 Å². The van der Waals surface area contributed by atoms with Gasteiger partial charge < -0.3 is 19.3 Å². The molecule has 1 atom stereocenters. The van der Waals surface area contributed by atoms with Crippen LogP contribution in [-0.4, -0.2) is 42.8 Å². The van der Waals surface area contributed by atoms with Crippen LogP contribution in [0.4, 0.5) is 0 Å². The Morgan fingerprint density at radius 1 is 1.19 bits per heavy atom. The summed E-state index contributed by atoms with van der Waals surface area (Å²) < 4.78 is 14.6. The number of benzene rings is 1. The number of aliphatic hydroxyl groups excluding tert-OH is 1. The van der Waals surface area contributed by atoms with Crippen molar-refractivity contribution in [2.45, 2.75) is 6.92 Å². The van der Waals surface area contributed by atoms with Crippen molar-refractivity contribution in [2.75, 3.05) is 14.2 Å². The van der Waals surface area contributed by atoms with Gasteiger partial charge in [-0.1, -0.05) is 0 Å². The SMILES string of the molecule is COc1ccc(OC)c(C=CC(=O)C2C(=O)OC(=O)C(C(C)=O)=C2O)c1. The Kier molecular flexibility index (Phi) is 5.56. The molecule has 0 aliphatic carbocycles. The Labute approximate surface area is 148 Å². The van der Waals surface area contributed by atoms with Gasteiger partial charge in [0.25, 0.3) is 0 Å². The molecule has 2 rings (SSSR count). The number of esters is 2. The summed E-state index contributed by atoms with van der Waals surface area (Å²) in [7, 11) is 2.92. The van der Waals surface area contributed by atoms with Gasteiger partial charge >= 0.3 is 11.9 Å². The van der Waals surface area contributed by atoms with E-state index in [4.69, 9.17) is 9.47 Å². The van der Waals surface area contributed by atoms with Gasteiger partial charge in [0, 0.05) is 5.56 Å². The molecule has 0 fully saturated rings. The number of carbonyl (C=O) groups excluding carboxylic acids is 4. The number of carbonyl (C=O) groups is 4. The van der Waals surface area contributed by atoms with E-state index in [2.05, 4.69) is 4.74 Å². The molecule has 0 aromatic heterocycles. The Hall–Kier alpha value is -3.42. The third kappa shape index (κ3) is 3.64. The molecule has 0 amide bonds. The largest absolute Gasteiger partial charge is 0.510 e. The molecule has 0 saturated carbocycles. The molecule has 1 aliphatic heterocycles. The Bertz CT molecular complexity index is 847. The molecule has 1 aliphatic rings. The van der Waals surface area contributed by atoms with Crippen molar-refractivity contribution in [3.05, 3.63) is 41.2 Å². The number of allylic oxidation sites excluding steroid dienone is 1. The highest BCUT2D eigenvalue weighted by Gasteiger charge is 2.42. The Balaban J connectivity index is 2.37. The Morgan fingerprint density at radius 3 is 2.46 bits per heavy atom. The van der Waals surface area contributed by atoms with Crippen molar-refractivity contribution < 1.29 is 38.5 Å². The number of ketones is 2. The maximum Gasteiger partial charge on any atom is 0.352 e. The van der Waals surface area contributed by atoms with E-state index >= 15 is 0 Å². The summed E-state index contributed by atoms with van der Waals surface area (Å²) in [6.45, 7) is 1.01. The van der Waals surface area contributed by atoms with Crippen LogP contribution in [0.1, 0.15) is 12.5 Å². The average Bonchev–Trinajstić information content (AvgIpc) is 2.58. The maximum absolute atomic E-state index is 12.3.